The van der Waals surface area contributed by atoms with E-state index in [1.165, 1.54) is 35.9 Å². The number of nitrogens with two attached hydrogens (primary N) is 1. The van der Waals surface area contributed by atoms with Gasteiger partial charge in [-0.1, -0.05) is 23.1 Å². The summed E-state index contributed by atoms with van der Waals surface area (Å²) < 4.78 is 6.42. The van der Waals surface area contributed by atoms with E-state index >= 15 is 0 Å². The van der Waals surface area contributed by atoms with Crippen LogP contribution in [-0.4, -0.2) is 77.1 Å². The summed E-state index contributed by atoms with van der Waals surface area (Å²) in [6.45, 7) is 5.36. The van der Waals surface area contributed by atoms with Crippen molar-refractivity contribution in [2.24, 2.45) is 0 Å². The third kappa shape index (κ3) is 4.31. The fourth-order valence-electron chi connectivity index (χ4n) is 2.75. The lowest BCUT2D eigenvalue weighted by atomic mass is 10.2. The molecule has 0 spiro atoms. The van der Waals surface area contributed by atoms with Crippen molar-refractivity contribution in [3.8, 4) is 0 Å². The molecule has 2 aliphatic rings. The Labute approximate surface area is 138 Å². The molecule has 2 N–H and O–H groups in total. The van der Waals surface area contributed by atoms with Gasteiger partial charge in [0.1, 0.15) is 0 Å². The van der Waals surface area contributed by atoms with Crippen LogP contribution in [0.2, 0.25) is 0 Å². The highest BCUT2D eigenvalue weighted by atomic mass is 32.2. The first kappa shape index (κ1) is 16.0. The van der Waals surface area contributed by atoms with E-state index < -0.39 is 0 Å². The smallest absolute Gasteiger partial charge is 0.233 e. The van der Waals surface area contributed by atoms with E-state index in [1.54, 1.807) is 0 Å². The Balaban J connectivity index is 1.37. The summed E-state index contributed by atoms with van der Waals surface area (Å²) in [7, 11) is 0. The molecule has 3 heterocycles. The number of nitrogen functional groups attached to an aromatic ring is 1. The molecule has 0 bridgehead atoms. The number of aromatic nitrogens is 2. The Kier molecular flexibility index (Phi) is 5.51. The maximum absolute atomic E-state index is 12.2. The number of nitrogens with zero attached hydrogens (tertiary/aromatic N) is 4. The number of amides is 1. The monoisotopic (exact) mass is 343 g/mol. The van der Waals surface area contributed by atoms with E-state index in [1.807, 2.05) is 4.90 Å². The molecule has 0 aromatic carbocycles. The zero-order chi connectivity index (χ0) is 15.4. The Bertz CT molecular complexity index is 498. The van der Waals surface area contributed by atoms with Crippen LogP contribution in [0.15, 0.2) is 4.34 Å². The Morgan fingerprint density at radius 2 is 2.18 bits per heavy atom. The molecule has 22 heavy (non-hydrogen) atoms. The standard InChI is InChI=1S/C13H21N5O2S2/c14-12-15-16-13(22-12)21-9-11(19)18-5-3-17(4-6-18)8-10-2-1-7-20-10/h10H,1-9H2,(H2,14,15)/t10-/m1/s1. The summed E-state index contributed by atoms with van der Waals surface area (Å²) in [5, 5.41) is 8.11. The maximum Gasteiger partial charge on any atom is 0.233 e. The van der Waals surface area contributed by atoms with Gasteiger partial charge in [-0.25, -0.2) is 0 Å². The first-order chi connectivity index (χ1) is 10.7. The van der Waals surface area contributed by atoms with E-state index in [-0.39, 0.29) is 5.91 Å². The number of carbonyl (C=O) groups excluding carboxylic acids is 1. The highest BCUT2D eigenvalue weighted by molar-refractivity contribution is 8.01. The molecule has 1 atom stereocenters. The summed E-state index contributed by atoms with van der Waals surface area (Å²) in [5.41, 5.74) is 5.53. The van der Waals surface area contributed by atoms with Gasteiger partial charge >= 0.3 is 0 Å². The minimum atomic E-state index is 0.163. The van der Waals surface area contributed by atoms with Gasteiger partial charge in [0.25, 0.3) is 0 Å². The number of ether oxygens (including phenoxy) is 1. The second-order valence-corrected chi connectivity index (χ2v) is 7.74. The molecule has 1 aromatic heterocycles. The largest absolute Gasteiger partial charge is 0.377 e. The number of piperazine rings is 1. The van der Waals surface area contributed by atoms with E-state index in [0.29, 0.717) is 17.0 Å². The normalized spacial score (nSPS) is 23.1. The molecule has 7 nitrogen and oxygen atoms in total. The van der Waals surface area contributed by atoms with Crippen molar-refractivity contribution in [3.63, 3.8) is 0 Å². The third-order valence-electron chi connectivity index (χ3n) is 3.95. The molecule has 0 saturated carbocycles. The molecule has 1 amide bonds. The van der Waals surface area contributed by atoms with Crippen LogP contribution in [-0.2, 0) is 9.53 Å². The van der Waals surface area contributed by atoms with Crippen LogP contribution < -0.4 is 5.73 Å². The molecular formula is C13H21N5O2S2. The van der Waals surface area contributed by atoms with Crippen LogP contribution in [0.5, 0.6) is 0 Å². The minimum absolute atomic E-state index is 0.163. The molecule has 9 heteroatoms. The first-order valence-electron chi connectivity index (χ1n) is 7.54. The third-order valence-corrected chi connectivity index (χ3v) is 5.82. The molecule has 0 unspecified atom stereocenters. The van der Waals surface area contributed by atoms with Gasteiger partial charge in [0.2, 0.25) is 11.0 Å². The number of rotatable bonds is 5. The molecule has 2 aliphatic heterocycles. The van der Waals surface area contributed by atoms with Crippen molar-refractivity contribution in [3.05, 3.63) is 0 Å². The quantitative estimate of drug-likeness (QED) is 0.781. The fraction of sp³-hybridized carbons (Fsp3) is 0.769. The van der Waals surface area contributed by atoms with Crippen LogP contribution in [0, 0.1) is 0 Å². The SMILES string of the molecule is Nc1nnc(SCC(=O)N2CCN(C[C@H]3CCCO3)CC2)s1. The zero-order valence-electron chi connectivity index (χ0n) is 12.4. The molecule has 3 rings (SSSR count). The van der Waals surface area contributed by atoms with Crippen LogP contribution in [0.25, 0.3) is 0 Å². The molecule has 0 radical (unpaired) electrons. The second-order valence-electron chi connectivity index (χ2n) is 5.51. The van der Waals surface area contributed by atoms with Crippen molar-refractivity contribution in [1.82, 2.24) is 20.0 Å². The lowest BCUT2D eigenvalue weighted by Gasteiger charge is -2.35. The van der Waals surface area contributed by atoms with Crippen LogP contribution >= 0.6 is 23.1 Å². The maximum atomic E-state index is 12.2. The Morgan fingerprint density at radius 1 is 1.36 bits per heavy atom. The molecule has 2 saturated heterocycles. The van der Waals surface area contributed by atoms with Gasteiger partial charge in [-0.05, 0) is 12.8 Å². The van der Waals surface area contributed by atoms with Gasteiger partial charge in [0.15, 0.2) is 4.34 Å². The summed E-state index contributed by atoms with van der Waals surface area (Å²) in [4.78, 5) is 16.6. The molecule has 0 aliphatic carbocycles. The van der Waals surface area contributed by atoms with Crippen molar-refractivity contribution in [2.75, 3.05) is 50.8 Å². The predicted molar refractivity (Wildman–Crippen MR) is 87.0 cm³/mol. The molecule has 2 fully saturated rings. The lowest BCUT2D eigenvalue weighted by Crippen LogP contribution is -2.50. The number of hydrogen-bond donors (Lipinski definition) is 1. The highest BCUT2D eigenvalue weighted by Gasteiger charge is 2.24. The van der Waals surface area contributed by atoms with Gasteiger partial charge < -0.3 is 15.4 Å². The van der Waals surface area contributed by atoms with Gasteiger partial charge in [0.05, 0.1) is 11.9 Å². The van der Waals surface area contributed by atoms with Gasteiger partial charge in [-0.3, -0.25) is 9.69 Å². The van der Waals surface area contributed by atoms with Gasteiger partial charge in [-0.2, -0.15) is 0 Å². The van der Waals surface area contributed by atoms with Crippen LogP contribution in [0.4, 0.5) is 5.13 Å². The van der Waals surface area contributed by atoms with Crippen molar-refractivity contribution < 1.29 is 9.53 Å². The summed E-state index contributed by atoms with van der Waals surface area (Å²) in [5.74, 6) is 0.566. The van der Waals surface area contributed by atoms with E-state index in [9.17, 15) is 4.79 Å². The van der Waals surface area contributed by atoms with E-state index in [0.717, 1.165) is 43.7 Å². The summed E-state index contributed by atoms with van der Waals surface area (Å²) >= 11 is 2.73. The predicted octanol–water partition coefficient (Wildman–Crippen LogP) is 0.536. The Morgan fingerprint density at radius 3 is 2.82 bits per heavy atom. The number of carbonyl (C=O) groups is 1. The van der Waals surface area contributed by atoms with E-state index in [4.69, 9.17) is 10.5 Å². The molecular weight excluding hydrogens is 322 g/mol. The second kappa shape index (κ2) is 7.58. The van der Waals surface area contributed by atoms with Crippen LogP contribution in [0.1, 0.15) is 12.8 Å². The average molecular weight is 343 g/mol. The van der Waals surface area contributed by atoms with Gasteiger partial charge in [-0.15, -0.1) is 10.2 Å². The number of anilines is 1. The highest BCUT2D eigenvalue weighted by Crippen LogP contribution is 2.23. The van der Waals surface area contributed by atoms with Crippen molar-refractivity contribution in [2.45, 2.75) is 23.3 Å². The average Bonchev–Trinajstić information content (AvgIpc) is 3.17. The van der Waals surface area contributed by atoms with E-state index in [2.05, 4.69) is 15.1 Å². The lowest BCUT2D eigenvalue weighted by molar-refractivity contribution is -0.130. The topological polar surface area (TPSA) is 84.6 Å². The van der Waals surface area contributed by atoms with Crippen molar-refractivity contribution in [1.29, 1.82) is 0 Å². The molecule has 1 aromatic rings. The summed E-state index contributed by atoms with van der Waals surface area (Å²) in [6.07, 6.45) is 2.73. The minimum Gasteiger partial charge on any atom is -0.377 e. The Hall–Kier alpha value is -0.900. The van der Waals surface area contributed by atoms with Crippen LogP contribution in [0.3, 0.4) is 0 Å². The molecule has 122 valence electrons. The number of thioether (sulfide) groups is 1. The summed E-state index contributed by atoms with van der Waals surface area (Å²) in [6, 6.07) is 0. The van der Waals surface area contributed by atoms with Crippen molar-refractivity contribution >= 4 is 34.1 Å². The fourth-order valence-corrected chi connectivity index (χ4v) is 4.29. The number of hydrogen-bond acceptors (Lipinski definition) is 8. The van der Waals surface area contributed by atoms with Gasteiger partial charge in [0, 0.05) is 39.3 Å². The first-order valence-corrected chi connectivity index (χ1v) is 9.34. The zero-order valence-corrected chi connectivity index (χ0v) is 14.1.